The predicted octanol–water partition coefficient (Wildman–Crippen LogP) is 17.3. The van der Waals surface area contributed by atoms with Gasteiger partial charge in [-0.2, -0.15) is 0 Å². The molecule has 0 N–H and O–H groups in total. The molecule has 0 radical (unpaired) electrons. The summed E-state index contributed by atoms with van der Waals surface area (Å²) in [6.07, 6.45) is 37.5. The first-order valence-electron chi connectivity index (χ1n) is 23.2. The normalized spacial score (nSPS) is 11.7. The average Bonchev–Trinajstić information content (AvgIpc) is 3.55. The van der Waals surface area contributed by atoms with Crippen LogP contribution >= 0.6 is 11.3 Å². The van der Waals surface area contributed by atoms with Crippen molar-refractivity contribution in [1.29, 1.82) is 0 Å². The molecule has 0 aliphatic rings. The number of rotatable bonds is 33. The van der Waals surface area contributed by atoms with E-state index in [1.165, 1.54) is 210 Å². The van der Waals surface area contributed by atoms with Gasteiger partial charge >= 0.3 is 286 Å². The summed E-state index contributed by atoms with van der Waals surface area (Å²) in [6, 6.07) is 2.53. The molecular formula is C48H88SSn2. The van der Waals surface area contributed by atoms with Gasteiger partial charge in [-0.25, -0.2) is 0 Å². The van der Waals surface area contributed by atoms with Crippen molar-refractivity contribution in [2.75, 3.05) is 0 Å². The van der Waals surface area contributed by atoms with Crippen molar-refractivity contribution in [3.05, 3.63) is 21.4 Å². The molecule has 0 aromatic carbocycles. The molecule has 1 aromatic rings. The molecule has 0 amide bonds. The van der Waals surface area contributed by atoms with Gasteiger partial charge in [0.25, 0.3) is 0 Å². The molecular weight excluding hydrogens is 846 g/mol. The van der Waals surface area contributed by atoms with Crippen LogP contribution in [0.2, 0.25) is 26.6 Å². The van der Waals surface area contributed by atoms with Crippen molar-refractivity contribution in [3.63, 3.8) is 0 Å². The Bertz CT molecular complexity index is 1020. The van der Waals surface area contributed by atoms with E-state index in [9.17, 15) is 0 Å². The van der Waals surface area contributed by atoms with Crippen molar-refractivity contribution in [2.45, 2.75) is 248 Å². The molecule has 0 saturated carbocycles. The van der Waals surface area contributed by atoms with Gasteiger partial charge in [0.15, 0.2) is 0 Å². The van der Waals surface area contributed by atoms with E-state index in [0.29, 0.717) is 0 Å². The predicted molar refractivity (Wildman–Crippen MR) is 242 cm³/mol. The van der Waals surface area contributed by atoms with Gasteiger partial charge in [0.05, 0.1) is 0 Å². The van der Waals surface area contributed by atoms with Crippen LogP contribution in [-0.2, 0) is 6.42 Å². The molecule has 1 rings (SSSR count). The Morgan fingerprint density at radius 1 is 0.392 bits per heavy atom. The maximum atomic E-state index is 4.25. The van der Waals surface area contributed by atoms with E-state index in [0.717, 1.165) is 0 Å². The van der Waals surface area contributed by atoms with Gasteiger partial charge in [0, 0.05) is 0 Å². The number of hydrogen-bond acceptors (Lipinski definition) is 1. The Morgan fingerprint density at radius 3 is 1.06 bits per heavy atom. The summed E-state index contributed by atoms with van der Waals surface area (Å²) in [6.45, 7) is 16.6. The van der Waals surface area contributed by atoms with Crippen LogP contribution in [0.5, 0.6) is 0 Å². The fourth-order valence-electron chi connectivity index (χ4n) is 7.89. The first-order chi connectivity index (χ1) is 25.0. The quantitative estimate of drug-likeness (QED) is 0.0374. The fraction of sp³-hybridized carbons (Fsp3) is 0.833. The molecule has 0 nitrogen and oxygen atoms in total. The van der Waals surface area contributed by atoms with Crippen molar-refractivity contribution >= 4 is 48.1 Å². The van der Waals surface area contributed by atoms with Crippen molar-refractivity contribution in [2.24, 2.45) is 0 Å². The summed E-state index contributed by atoms with van der Waals surface area (Å²) in [7, 11) is 0. The zero-order valence-corrected chi connectivity index (χ0v) is 42.3. The second-order valence-corrected chi connectivity index (χ2v) is 42.2. The van der Waals surface area contributed by atoms with Gasteiger partial charge in [-0.15, -0.1) is 0 Å². The Morgan fingerprint density at radius 2 is 0.706 bits per heavy atom. The SMILES string of the molecule is CCCCCCCCCCCCCCCCc1cc(C#[C][Sn]([CH2]CCC)([CH2]CCC)[CH2]CCC)sc1C#[C][Sn]([CH2]CCC)([CH2]CCC)[CH2]CCC. The number of thiophene rings is 1. The topological polar surface area (TPSA) is 0 Å². The van der Waals surface area contributed by atoms with Crippen molar-refractivity contribution < 1.29 is 0 Å². The molecule has 0 bridgehead atoms. The third-order valence-electron chi connectivity index (χ3n) is 11.6. The molecule has 0 unspecified atom stereocenters. The molecule has 1 aromatic heterocycles. The first-order valence-corrected chi connectivity index (χ1v) is 38.9. The van der Waals surface area contributed by atoms with E-state index in [1.54, 1.807) is 5.56 Å². The van der Waals surface area contributed by atoms with Gasteiger partial charge in [-0.05, 0) is 0 Å². The third-order valence-corrected chi connectivity index (χ3v) is 38.7. The van der Waals surface area contributed by atoms with Crippen LogP contribution in [0.3, 0.4) is 0 Å². The minimum absolute atomic E-state index is 1.21. The third kappa shape index (κ3) is 23.8. The molecule has 294 valence electrons. The second kappa shape index (κ2) is 33.7. The second-order valence-electron chi connectivity index (χ2n) is 16.5. The van der Waals surface area contributed by atoms with Crippen molar-refractivity contribution in [1.82, 2.24) is 0 Å². The van der Waals surface area contributed by atoms with Gasteiger partial charge in [-0.3, -0.25) is 0 Å². The van der Waals surface area contributed by atoms with Crippen LogP contribution < -0.4 is 0 Å². The average molecular weight is 935 g/mol. The fourth-order valence-corrected chi connectivity index (χ4v) is 35.6. The summed E-state index contributed by atoms with van der Waals surface area (Å²) in [5, 5.41) is 0. The molecule has 0 fully saturated rings. The van der Waals surface area contributed by atoms with Crippen molar-refractivity contribution in [3.8, 4) is 19.7 Å². The number of unbranched alkanes of at least 4 members (excludes halogenated alkanes) is 19. The summed E-state index contributed by atoms with van der Waals surface area (Å²) >= 11 is -3.02. The summed E-state index contributed by atoms with van der Waals surface area (Å²) in [4.78, 5) is 2.76. The first kappa shape index (κ1) is 49.4. The van der Waals surface area contributed by atoms with Crippen LogP contribution in [0.25, 0.3) is 0 Å². The molecule has 1 heterocycles. The van der Waals surface area contributed by atoms with E-state index >= 15 is 0 Å². The molecule has 0 aliphatic heterocycles. The molecule has 3 heteroatoms. The van der Waals surface area contributed by atoms with Gasteiger partial charge in [-0.1, -0.05) is 51.9 Å². The zero-order chi connectivity index (χ0) is 37.3. The Kier molecular flexibility index (Phi) is 32.7. The standard InChI is InChI=1S/C24H34S.6C4H9.2Sn/c1-4-7-8-9-10-11-12-13-14-15-16-17-18-19-20-22-21-23(5-2)25-24(22)6-3;6*1-3-4-2;;/h21H,4,7-20H2,1H3;6*1,3-4H2,2H3;;. The Hall–Kier alpha value is 0.417. The van der Waals surface area contributed by atoms with Gasteiger partial charge < -0.3 is 0 Å². The maximum absolute atomic E-state index is 4.25. The van der Waals surface area contributed by atoms with Gasteiger partial charge in [0.2, 0.25) is 0 Å². The Balaban J connectivity index is 3.14. The van der Waals surface area contributed by atoms with E-state index in [-0.39, 0.29) is 0 Å². The molecule has 0 atom stereocenters. The van der Waals surface area contributed by atoms with Gasteiger partial charge in [0.1, 0.15) is 0 Å². The summed E-state index contributed by atoms with van der Waals surface area (Å²) in [5.41, 5.74) is 1.55. The molecule has 0 spiro atoms. The minimum atomic E-state index is -2.52. The van der Waals surface area contributed by atoms with E-state index < -0.39 is 36.8 Å². The van der Waals surface area contributed by atoms with E-state index in [4.69, 9.17) is 0 Å². The van der Waals surface area contributed by atoms with Crippen LogP contribution in [0, 0.1) is 19.7 Å². The molecule has 0 aliphatic carbocycles. The van der Waals surface area contributed by atoms with Crippen LogP contribution in [0.15, 0.2) is 6.07 Å². The monoisotopic (exact) mass is 936 g/mol. The van der Waals surface area contributed by atoms with Crippen LogP contribution in [-0.4, -0.2) is 36.8 Å². The molecule has 0 saturated heterocycles. The number of aryl methyl sites for hydroxylation is 1. The van der Waals surface area contributed by atoms with E-state index in [2.05, 4.69) is 74.2 Å². The Labute approximate surface area is 334 Å². The summed E-state index contributed by atoms with van der Waals surface area (Å²) < 4.78 is 17.3. The van der Waals surface area contributed by atoms with E-state index in [1.807, 2.05) is 11.3 Å². The van der Waals surface area contributed by atoms with Crippen LogP contribution in [0.1, 0.15) is 231 Å². The van der Waals surface area contributed by atoms with Crippen LogP contribution in [0.4, 0.5) is 0 Å². The number of hydrogen-bond donors (Lipinski definition) is 0. The zero-order valence-electron chi connectivity index (χ0n) is 35.8. The summed E-state index contributed by atoms with van der Waals surface area (Å²) in [5.74, 6) is 7.95. The molecule has 51 heavy (non-hydrogen) atoms.